The van der Waals surface area contributed by atoms with E-state index >= 15 is 0 Å². The Morgan fingerprint density at radius 2 is 1.03 bits per heavy atom. The second kappa shape index (κ2) is 14.9. The van der Waals surface area contributed by atoms with E-state index in [0.717, 1.165) is 24.7 Å². The van der Waals surface area contributed by atoms with Gasteiger partial charge in [0.25, 0.3) is 0 Å². The van der Waals surface area contributed by atoms with Crippen molar-refractivity contribution in [2.75, 3.05) is 13.2 Å². The summed E-state index contributed by atoms with van der Waals surface area (Å²) in [5, 5.41) is 0. The molecule has 0 heterocycles. The van der Waals surface area contributed by atoms with Crippen LogP contribution in [0.5, 0.6) is 0 Å². The Balaban J connectivity index is 1.42. The molecule has 2 aliphatic rings. The molecule has 0 aromatic rings. The fraction of sp³-hybridized carbons (Fsp3) is 0.923. The van der Waals surface area contributed by atoms with Gasteiger partial charge >= 0.3 is 11.9 Å². The van der Waals surface area contributed by atoms with Crippen LogP contribution in [0.4, 0.5) is 0 Å². The van der Waals surface area contributed by atoms with E-state index in [0.29, 0.717) is 50.7 Å². The summed E-state index contributed by atoms with van der Waals surface area (Å²) in [5.74, 6) is 2.67. The summed E-state index contributed by atoms with van der Waals surface area (Å²) in [6.45, 7) is 5.67. The first kappa shape index (κ1) is 25.2. The molecular weight excluding hydrogens is 376 g/mol. The third kappa shape index (κ3) is 10.3. The maximum absolute atomic E-state index is 11.9. The van der Waals surface area contributed by atoms with Crippen LogP contribution >= 0.6 is 0 Å². The van der Waals surface area contributed by atoms with Crippen molar-refractivity contribution in [3.8, 4) is 0 Å². The molecule has 0 radical (unpaired) electrons. The van der Waals surface area contributed by atoms with Gasteiger partial charge in [-0.3, -0.25) is 9.59 Å². The van der Waals surface area contributed by atoms with Gasteiger partial charge in [0, 0.05) is 12.8 Å². The summed E-state index contributed by atoms with van der Waals surface area (Å²) in [6.07, 6.45) is 17.7. The van der Waals surface area contributed by atoms with Crippen molar-refractivity contribution in [2.24, 2.45) is 23.7 Å². The Morgan fingerprint density at radius 3 is 1.40 bits per heavy atom. The van der Waals surface area contributed by atoms with E-state index in [2.05, 4.69) is 13.8 Å². The average molecular weight is 423 g/mol. The van der Waals surface area contributed by atoms with Crippen LogP contribution in [-0.2, 0) is 19.1 Å². The zero-order chi connectivity index (χ0) is 21.6. The number of hydrogen-bond acceptors (Lipinski definition) is 4. The zero-order valence-electron chi connectivity index (χ0n) is 19.7. The minimum Gasteiger partial charge on any atom is -0.466 e. The SMILES string of the molecule is CC(CCOC(=O)CCCCC(=O)OCCC(C)C1CCCCC1)C1CCCCC1. The number of esters is 2. The fourth-order valence-corrected chi connectivity index (χ4v) is 5.28. The minimum atomic E-state index is -0.125. The molecule has 174 valence electrons. The first-order valence-corrected chi connectivity index (χ1v) is 12.9. The normalized spacial score (nSPS) is 20.5. The Labute approximate surface area is 184 Å². The molecule has 2 unspecified atom stereocenters. The van der Waals surface area contributed by atoms with Crippen molar-refractivity contribution >= 4 is 11.9 Å². The summed E-state index contributed by atoms with van der Waals surface area (Å²) < 4.78 is 10.8. The molecule has 4 nitrogen and oxygen atoms in total. The number of unbranched alkanes of at least 4 members (excludes halogenated alkanes) is 1. The third-order valence-corrected chi connectivity index (χ3v) is 7.59. The molecule has 0 N–H and O–H groups in total. The number of carbonyl (C=O) groups is 2. The second-order valence-electron chi connectivity index (χ2n) is 9.98. The lowest BCUT2D eigenvalue weighted by Crippen LogP contribution is -2.18. The van der Waals surface area contributed by atoms with Crippen molar-refractivity contribution in [1.82, 2.24) is 0 Å². The van der Waals surface area contributed by atoms with Gasteiger partial charge in [0.15, 0.2) is 0 Å². The molecule has 2 fully saturated rings. The Kier molecular flexibility index (Phi) is 12.5. The van der Waals surface area contributed by atoms with Crippen molar-refractivity contribution in [2.45, 2.75) is 117 Å². The number of ether oxygens (including phenoxy) is 2. The van der Waals surface area contributed by atoms with Crippen molar-refractivity contribution in [3.05, 3.63) is 0 Å². The lowest BCUT2D eigenvalue weighted by molar-refractivity contribution is -0.146. The van der Waals surface area contributed by atoms with Crippen molar-refractivity contribution in [1.29, 1.82) is 0 Å². The molecule has 0 aliphatic heterocycles. The molecule has 0 bridgehead atoms. The standard InChI is InChI=1S/C26H46O4/c1-21(23-11-5-3-6-12-23)17-19-29-25(27)15-9-10-16-26(28)30-20-18-22(2)24-13-7-4-8-14-24/h21-24H,3-20H2,1-2H3. The van der Waals surface area contributed by atoms with Crippen LogP contribution in [0.1, 0.15) is 117 Å². The van der Waals surface area contributed by atoms with Gasteiger partial charge in [-0.15, -0.1) is 0 Å². The molecule has 4 heteroatoms. The summed E-state index contributed by atoms with van der Waals surface area (Å²) in [4.78, 5) is 23.8. The van der Waals surface area contributed by atoms with Gasteiger partial charge in [-0.25, -0.2) is 0 Å². The lowest BCUT2D eigenvalue weighted by Gasteiger charge is -2.27. The number of hydrogen-bond donors (Lipinski definition) is 0. The van der Waals surface area contributed by atoms with Gasteiger partial charge in [-0.2, -0.15) is 0 Å². The predicted molar refractivity (Wildman–Crippen MR) is 121 cm³/mol. The molecule has 0 aromatic carbocycles. The van der Waals surface area contributed by atoms with E-state index in [1.54, 1.807) is 0 Å². The van der Waals surface area contributed by atoms with E-state index in [-0.39, 0.29) is 11.9 Å². The highest BCUT2D eigenvalue weighted by Crippen LogP contribution is 2.32. The first-order chi connectivity index (χ1) is 14.6. The maximum atomic E-state index is 11.9. The van der Waals surface area contributed by atoms with Gasteiger partial charge in [0.05, 0.1) is 13.2 Å². The van der Waals surface area contributed by atoms with Gasteiger partial charge < -0.3 is 9.47 Å². The highest BCUT2D eigenvalue weighted by molar-refractivity contribution is 5.70. The molecule has 0 amide bonds. The monoisotopic (exact) mass is 422 g/mol. The zero-order valence-corrected chi connectivity index (χ0v) is 19.7. The largest absolute Gasteiger partial charge is 0.466 e. The third-order valence-electron chi connectivity index (χ3n) is 7.59. The van der Waals surface area contributed by atoms with Crippen LogP contribution in [0.2, 0.25) is 0 Å². The van der Waals surface area contributed by atoms with E-state index in [1.807, 2.05) is 0 Å². The molecule has 2 rings (SSSR count). The summed E-state index contributed by atoms with van der Waals surface area (Å²) in [6, 6.07) is 0. The fourth-order valence-electron chi connectivity index (χ4n) is 5.28. The molecule has 30 heavy (non-hydrogen) atoms. The predicted octanol–water partition coefficient (Wildman–Crippen LogP) is 6.85. The summed E-state index contributed by atoms with van der Waals surface area (Å²) >= 11 is 0. The van der Waals surface area contributed by atoms with E-state index < -0.39 is 0 Å². The summed E-state index contributed by atoms with van der Waals surface area (Å²) in [7, 11) is 0. The quantitative estimate of drug-likeness (QED) is 0.241. The van der Waals surface area contributed by atoms with Gasteiger partial charge in [0.1, 0.15) is 0 Å². The highest BCUT2D eigenvalue weighted by atomic mass is 16.5. The van der Waals surface area contributed by atoms with Gasteiger partial charge in [0.2, 0.25) is 0 Å². The smallest absolute Gasteiger partial charge is 0.305 e. The lowest BCUT2D eigenvalue weighted by atomic mass is 9.80. The van der Waals surface area contributed by atoms with Crippen molar-refractivity contribution < 1.29 is 19.1 Å². The Bertz CT molecular complexity index is 433. The topological polar surface area (TPSA) is 52.6 Å². The second-order valence-corrected chi connectivity index (χ2v) is 9.98. The van der Waals surface area contributed by atoms with Gasteiger partial charge in [-0.1, -0.05) is 78.1 Å². The highest BCUT2D eigenvalue weighted by Gasteiger charge is 2.21. The van der Waals surface area contributed by atoms with Crippen LogP contribution in [0.15, 0.2) is 0 Å². The first-order valence-electron chi connectivity index (χ1n) is 12.9. The van der Waals surface area contributed by atoms with Crippen LogP contribution in [0.25, 0.3) is 0 Å². The Morgan fingerprint density at radius 1 is 0.667 bits per heavy atom. The minimum absolute atomic E-state index is 0.125. The van der Waals surface area contributed by atoms with E-state index in [4.69, 9.17) is 9.47 Å². The molecule has 2 saturated carbocycles. The van der Waals surface area contributed by atoms with Gasteiger partial charge in [-0.05, 0) is 49.4 Å². The summed E-state index contributed by atoms with van der Waals surface area (Å²) in [5.41, 5.74) is 0. The van der Waals surface area contributed by atoms with Crippen molar-refractivity contribution in [3.63, 3.8) is 0 Å². The molecule has 2 aliphatic carbocycles. The number of rotatable bonds is 13. The number of carbonyl (C=O) groups excluding carboxylic acids is 2. The van der Waals surface area contributed by atoms with Crippen LogP contribution in [0, 0.1) is 23.7 Å². The molecule has 2 atom stereocenters. The van der Waals surface area contributed by atoms with E-state index in [1.165, 1.54) is 64.2 Å². The van der Waals surface area contributed by atoms with Crippen LogP contribution < -0.4 is 0 Å². The molecule has 0 saturated heterocycles. The van der Waals surface area contributed by atoms with E-state index in [9.17, 15) is 9.59 Å². The average Bonchev–Trinajstić information content (AvgIpc) is 2.77. The van der Waals surface area contributed by atoms with Crippen LogP contribution in [-0.4, -0.2) is 25.2 Å². The molecule has 0 aromatic heterocycles. The molecular formula is C26H46O4. The maximum Gasteiger partial charge on any atom is 0.305 e. The van der Waals surface area contributed by atoms with Crippen LogP contribution in [0.3, 0.4) is 0 Å². The Hall–Kier alpha value is -1.06. The molecule has 0 spiro atoms.